The second kappa shape index (κ2) is 5.31. The minimum Gasteiger partial charge on any atom is -0.338 e. The Labute approximate surface area is 142 Å². The molecule has 0 aromatic heterocycles. The summed E-state index contributed by atoms with van der Waals surface area (Å²) in [6, 6.07) is 10.2. The Kier molecular flexibility index (Phi) is 3.46. The van der Waals surface area contributed by atoms with Crippen molar-refractivity contribution in [2.75, 3.05) is 24.6 Å². The van der Waals surface area contributed by atoms with Crippen LogP contribution in [0.15, 0.2) is 30.3 Å². The lowest BCUT2D eigenvalue weighted by atomic mass is 9.86. The molecule has 0 atom stereocenters. The highest BCUT2D eigenvalue weighted by Crippen LogP contribution is 2.34. The van der Waals surface area contributed by atoms with Gasteiger partial charge in [0.05, 0.1) is 17.1 Å². The van der Waals surface area contributed by atoms with E-state index >= 15 is 0 Å². The van der Waals surface area contributed by atoms with Gasteiger partial charge in [-0.3, -0.25) is 4.79 Å². The number of amides is 1. The predicted octanol–water partition coefficient (Wildman–Crippen LogP) is 2.57. The molecule has 0 aliphatic carbocycles. The Morgan fingerprint density at radius 3 is 2.42 bits per heavy atom. The Balaban J connectivity index is 1.56. The second-order valence-electron chi connectivity index (χ2n) is 7.29. The molecule has 0 bridgehead atoms. The number of aryl methyl sites for hydroxylation is 2. The minimum absolute atomic E-state index is 0.0698. The maximum atomic E-state index is 13.0. The van der Waals surface area contributed by atoms with Gasteiger partial charge >= 0.3 is 0 Å². The number of benzene rings is 2. The number of rotatable bonds is 2. The molecule has 2 heterocycles. The Morgan fingerprint density at radius 2 is 1.75 bits per heavy atom. The van der Waals surface area contributed by atoms with Crippen LogP contribution in [0.1, 0.15) is 21.5 Å². The lowest BCUT2D eigenvalue weighted by Crippen LogP contribution is -2.57. The summed E-state index contributed by atoms with van der Waals surface area (Å²) in [6.07, 6.45) is 0. The molecule has 2 saturated heterocycles. The molecule has 2 aromatic carbocycles. The molecular formula is C19H21NO3S. The van der Waals surface area contributed by atoms with Gasteiger partial charge in [0.15, 0.2) is 9.84 Å². The first kappa shape index (κ1) is 15.6. The van der Waals surface area contributed by atoms with E-state index in [1.54, 1.807) is 0 Å². The molecule has 24 heavy (non-hydrogen) atoms. The van der Waals surface area contributed by atoms with Gasteiger partial charge < -0.3 is 4.90 Å². The summed E-state index contributed by atoms with van der Waals surface area (Å²) in [5.74, 6) is 1.25. The largest absolute Gasteiger partial charge is 0.338 e. The summed E-state index contributed by atoms with van der Waals surface area (Å²) >= 11 is 0. The molecule has 0 spiro atoms. The van der Waals surface area contributed by atoms with Crippen molar-refractivity contribution in [2.45, 2.75) is 13.8 Å². The van der Waals surface area contributed by atoms with Crippen LogP contribution in [0.2, 0.25) is 0 Å². The Bertz CT molecular complexity index is 930. The number of fused-ring (bicyclic) bond motifs is 1. The average Bonchev–Trinajstić information content (AvgIpc) is 2.43. The first-order valence-corrected chi connectivity index (χ1v) is 10.2. The molecule has 0 radical (unpaired) electrons. The van der Waals surface area contributed by atoms with Crippen LogP contribution >= 0.6 is 0 Å². The smallest absolute Gasteiger partial charge is 0.254 e. The van der Waals surface area contributed by atoms with Crippen molar-refractivity contribution in [3.63, 3.8) is 0 Å². The molecule has 0 unspecified atom stereocenters. The van der Waals surface area contributed by atoms with Gasteiger partial charge in [-0.05, 0) is 42.0 Å². The SMILES string of the molecule is Cc1ccc2c(C(=O)N3CC(C4CS(=O)(=O)C4)C3)c(C)ccc2c1. The van der Waals surface area contributed by atoms with E-state index in [0.29, 0.717) is 30.5 Å². The van der Waals surface area contributed by atoms with Crippen molar-refractivity contribution in [1.82, 2.24) is 4.90 Å². The van der Waals surface area contributed by atoms with Crippen molar-refractivity contribution < 1.29 is 13.2 Å². The number of nitrogens with zero attached hydrogens (tertiary/aromatic N) is 1. The Hall–Kier alpha value is -1.88. The predicted molar refractivity (Wildman–Crippen MR) is 95.0 cm³/mol. The van der Waals surface area contributed by atoms with Gasteiger partial charge in [0.2, 0.25) is 0 Å². The molecule has 1 amide bonds. The van der Waals surface area contributed by atoms with Crippen molar-refractivity contribution in [2.24, 2.45) is 11.8 Å². The number of hydrogen-bond acceptors (Lipinski definition) is 3. The lowest BCUT2D eigenvalue weighted by molar-refractivity contribution is 0.0400. The topological polar surface area (TPSA) is 54.5 Å². The van der Waals surface area contributed by atoms with Gasteiger partial charge in [0.1, 0.15) is 0 Å². The van der Waals surface area contributed by atoms with Gasteiger partial charge in [-0.1, -0.05) is 35.9 Å². The second-order valence-corrected chi connectivity index (χ2v) is 9.44. The van der Waals surface area contributed by atoms with Crippen LogP contribution in [0, 0.1) is 25.7 Å². The maximum absolute atomic E-state index is 13.0. The highest BCUT2D eigenvalue weighted by Gasteiger charge is 2.45. The highest BCUT2D eigenvalue weighted by molar-refractivity contribution is 7.92. The molecule has 0 N–H and O–H groups in total. The van der Waals surface area contributed by atoms with E-state index < -0.39 is 9.84 Å². The molecule has 2 fully saturated rings. The van der Waals surface area contributed by atoms with Gasteiger partial charge in [-0.15, -0.1) is 0 Å². The third-order valence-corrected chi connectivity index (χ3v) is 7.27. The summed E-state index contributed by atoms with van der Waals surface area (Å²) in [5, 5.41) is 2.09. The van der Waals surface area contributed by atoms with Crippen molar-refractivity contribution in [3.05, 3.63) is 47.0 Å². The van der Waals surface area contributed by atoms with Crippen LogP contribution < -0.4 is 0 Å². The van der Waals surface area contributed by atoms with E-state index in [-0.39, 0.29) is 11.8 Å². The summed E-state index contributed by atoms with van der Waals surface area (Å²) < 4.78 is 22.6. The highest BCUT2D eigenvalue weighted by atomic mass is 32.2. The van der Waals surface area contributed by atoms with Crippen molar-refractivity contribution in [1.29, 1.82) is 0 Å². The molecule has 4 rings (SSSR count). The quantitative estimate of drug-likeness (QED) is 0.842. The zero-order chi connectivity index (χ0) is 17.1. The number of sulfone groups is 1. The van der Waals surface area contributed by atoms with Crippen LogP contribution in [0.25, 0.3) is 10.8 Å². The third kappa shape index (κ3) is 2.51. The first-order chi connectivity index (χ1) is 11.3. The van der Waals surface area contributed by atoms with Gasteiger partial charge in [0.25, 0.3) is 5.91 Å². The van der Waals surface area contributed by atoms with Crippen LogP contribution in [-0.4, -0.2) is 43.8 Å². The lowest BCUT2D eigenvalue weighted by Gasteiger charge is -2.46. The van der Waals surface area contributed by atoms with Gasteiger partial charge in [-0.25, -0.2) is 8.42 Å². The van der Waals surface area contributed by atoms with Crippen LogP contribution in [0.5, 0.6) is 0 Å². The number of carbonyl (C=O) groups excluding carboxylic acids is 1. The standard InChI is InChI=1S/C19H21NO3S/c1-12-3-6-17-14(7-12)5-4-13(2)18(17)19(21)20-8-15(9-20)16-10-24(22,23)11-16/h3-7,15-16H,8-11H2,1-2H3. The minimum atomic E-state index is -2.78. The van der Waals surface area contributed by atoms with E-state index in [9.17, 15) is 13.2 Å². The van der Waals surface area contributed by atoms with Crippen molar-refractivity contribution >= 4 is 26.5 Å². The van der Waals surface area contributed by atoms with E-state index in [1.807, 2.05) is 36.9 Å². The van der Waals surface area contributed by atoms with E-state index in [1.165, 1.54) is 5.56 Å². The number of hydrogen-bond donors (Lipinski definition) is 0. The summed E-state index contributed by atoms with van der Waals surface area (Å²) in [5.41, 5.74) is 2.96. The fraction of sp³-hybridized carbons (Fsp3) is 0.421. The normalized spacial score (nSPS) is 20.7. The monoisotopic (exact) mass is 343 g/mol. The summed E-state index contributed by atoms with van der Waals surface area (Å²) in [6.45, 7) is 5.39. The molecule has 5 heteroatoms. The molecule has 0 saturated carbocycles. The fourth-order valence-electron chi connectivity index (χ4n) is 3.85. The molecule has 2 aromatic rings. The Morgan fingerprint density at radius 1 is 1.04 bits per heavy atom. The van der Waals surface area contributed by atoms with Crippen LogP contribution in [0.3, 0.4) is 0 Å². The molecule has 2 aliphatic heterocycles. The molecule has 126 valence electrons. The summed E-state index contributed by atoms with van der Waals surface area (Å²) in [7, 11) is -2.78. The van der Waals surface area contributed by atoms with Gasteiger partial charge in [0, 0.05) is 13.1 Å². The zero-order valence-corrected chi connectivity index (χ0v) is 14.8. The number of carbonyl (C=O) groups is 1. The van der Waals surface area contributed by atoms with Crippen LogP contribution in [-0.2, 0) is 9.84 Å². The fourth-order valence-corrected chi connectivity index (χ4v) is 5.60. The van der Waals surface area contributed by atoms with E-state index in [4.69, 9.17) is 0 Å². The molecular weight excluding hydrogens is 322 g/mol. The maximum Gasteiger partial charge on any atom is 0.254 e. The summed E-state index contributed by atoms with van der Waals surface area (Å²) in [4.78, 5) is 14.8. The third-order valence-electron chi connectivity index (χ3n) is 5.40. The van der Waals surface area contributed by atoms with E-state index in [2.05, 4.69) is 12.1 Å². The first-order valence-electron chi connectivity index (χ1n) is 8.34. The zero-order valence-electron chi connectivity index (χ0n) is 14.0. The van der Waals surface area contributed by atoms with Gasteiger partial charge in [-0.2, -0.15) is 0 Å². The molecule has 2 aliphatic rings. The number of likely N-dealkylation sites (tertiary alicyclic amines) is 1. The van der Waals surface area contributed by atoms with Crippen molar-refractivity contribution in [3.8, 4) is 0 Å². The van der Waals surface area contributed by atoms with Crippen LogP contribution in [0.4, 0.5) is 0 Å². The van der Waals surface area contributed by atoms with E-state index in [0.717, 1.165) is 21.9 Å². The molecule has 4 nitrogen and oxygen atoms in total. The average molecular weight is 343 g/mol.